The predicted octanol–water partition coefficient (Wildman–Crippen LogP) is 4.17. The molecule has 1 aliphatic rings. The fourth-order valence-electron chi connectivity index (χ4n) is 3.12. The van der Waals surface area contributed by atoms with Crippen LogP contribution in [0, 0.1) is 6.92 Å². The standard InChI is InChI=1S/C18H17F3N2O2/c1-11-3-2-4-16-15(11)9-14(25-17(22)24)10-23(16)13-7-5-12(6-8-13)18(19,20)21/h2-8,14H,9-10H2,1H3,(H2,22,24). The number of alkyl halides is 3. The van der Waals surface area contributed by atoms with E-state index >= 15 is 0 Å². The van der Waals surface area contributed by atoms with Gasteiger partial charge in [-0.2, -0.15) is 13.2 Å². The minimum absolute atomic E-state index is 0.324. The number of primary amides is 1. The minimum atomic E-state index is -4.38. The number of benzene rings is 2. The second-order valence-corrected chi connectivity index (χ2v) is 5.99. The van der Waals surface area contributed by atoms with Crippen molar-refractivity contribution in [3.8, 4) is 0 Å². The highest BCUT2D eigenvalue weighted by Gasteiger charge is 2.32. The zero-order valence-electron chi connectivity index (χ0n) is 13.5. The molecule has 1 unspecified atom stereocenters. The van der Waals surface area contributed by atoms with Crippen molar-refractivity contribution in [2.45, 2.75) is 25.6 Å². The van der Waals surface area contributed by atoms with E-state index in [2.05, 4.69) is 0 Å². The number of ether oxygens (including phenoxy) is 1. The molecule has 0 bridgehead atoms. The predicted molar refractivity (Wildman–Crippen MR) is 87.8 cm³/mol. The third kappa shape index (κ3) is 3.55. The van der Waals surface area contributed by atoms with Gasteiger partial charge < -0.3 is 15.4 Å². The second-order valence-electron chi connectivity index (χ2n) is 5.99. The van der Waals surface area contributed by atoms with Crippen molar-refractivity contribution < 1.29 is 22.7 Å². The Bertz CT molecular complexity index is 788. The third-order valence-electron chi connectivity index (χ3n) is 4.28. The summed E-state index contributed by atoms with van der Waals surface area (Å²) in [6.45, 7) is 2.27. The molecular formula is C18H17F3N2O2. The quantitative estimate of drug-likeness (QED) is 0.884. The fraction of sp³-hybridized carbons (Fsp3) is 0.278. The SMILES string of the molecule is Cc1cccc2c1CC(OC(N)=O)CN2c1ccc(C(F)(F)F)cc1. The van der Waals surface area contributed by atoms with E-state index in [4.69, 9.17) is 10.5 Å². The second kappa shape index (κ2) is 6.31. The molecule has 0 radical (unpaired) electrons. The molecule has 1 heterocycles. The summed E-state index contributed by atoms with van der Waals surface area (Å²) < 4.78 is 43.5. The van der Waals surface area contributed by atoms with E-state index in [9.17, 15) is 18.0 Å². The Labute approximate surface area is 143 Å². The van der Waals surface area contributed by atoms with Crippen LogP contribution in [0.3, 0.4) is 0 Å². The van der Waals surface area contributed by atoms with Gasteiger partial charge in [-0.3, -0.25) is 0 Å². The average molecular weight is 350 g/mol. The summed E-state index contributed by atoms with van der Waals surface area (Å²) in [4.78, 5) is 13.0. The van der Waals surface area contributed by atoms with Gasteiger partial charge in [-0.15, -0.1) is 0 Å². The number of nitrogens with zero attached hydrogens (tertiary/aromatic N) is 1. The normalized spacial score (nSPS) is 17.1. The average Bonchev–Trinajstić information content (AvgIpc) is 2.54. The molecule has 1 aliphatic heterocycles. The number of amides is 1. The molecule has 1 atom stereocenters. The van der Waals surface area contributed by atoms with E-state index in [-0.39, 0.29) is 0 Å². The number of carbonyl (C=O) groups is 1. The maximum absolute atomic E-state index is 12.8. The summed E-state index contributed by atoms with van der Waals surface area (Å²) in [5, 5.41) is 0. The Morgan fingerprint density at radius 3 is 2.48 bits per heavy atom. The lowest BCUT2D eigenvalue weighted by Crippen LogP contribution is -2.39. The first-order chi connectivity index (χ1) is 11.8. The van der Waals surface area contributed by atoms with Gasteiger partial charge in [0.2, 0.25) is 0 Å². The number of carbonyl (C=O) groups excluding carboxylic acids is 1. The van der Waals surface area contributed by atoms with E-state index in [0.29, 0.717) is 18.7 Å². The van der Waals surface area contributed by atoms with Crippen molar-refractivity contribution in [2.75, 3.05) is 11.4 Å². The molecule has 25 heavy (non-hydrogen) atoms. The molecule has 2 N–H and O–H groups in total. The summed E-state index contributed by atoms with van der Waals surface area (Å²) >= 11 is 0. The van der Waals surface area contributed by atoms with Gasteiger partial charge in [0.25, 0.3) is 0 Å². The highest BCUT2D eigenvalue weighted by Crippen LogP contribution is 2.37. The fourth-order valence-corrected chi connectivity index (χ4v) is 3.12. The molecule has 0 aromatic heterocycles. The van der Waals surface area contributed by atoms with Gasteiger partial charge in [-0.1, -0.05) is 12.1 Å². The van der Waals surface area contributed by atoms with Crippen molar-refractivity contribution >= 4 is 17.5 Å². The molecule has 0 aliphatic carbocycles. The summed E-state index contributed by atoms with van der Waals surface area (Å²) in [5.74, 6) is 0. The Balaban J connectivity index is 1.99. The first-order valence-corrected chi connectivity index (χ1v) is 7.75. The summed E-state index contributed by atoms with van der Waals surface area (Å²) in [5.41, 5.74) is 7.92. The molecular weight excluding hydrogens is 333 g/mol. The van der Waals surface area contributed by atoms with Crippen LogP contribution in [0.4, 0.5) is 29.3 Å². The van der Waals surface area contributed by atoms with E-state index in [1.807, 2.05) is 30.0 Å². The topological polar surface area (TPSA) is 55.6 Å². The molecule has 132 valence electrons. The molecule has 3 rings (SSSR count). The first kappa shape index (κ1) is 17.1. The number of fused-ring (bicyclic) bond motifs is 1. The highest BCUT2D eigenvalue weighted by molar-refractivity contribution is 5.71. The molecule has 2 aromatic carbocycles. The number of aryl methyl sites for hydroxylation is 1. The summed E-state index contributed by atoms with van der Waals surface area (Å²) in [7, 11) is 0. The largest absolute Gasteiger partial charge is 0.444 e. The van der Waals surface area contributed by atoms with Crippen LogP contribution in [-0.4, -0.2) is 18.7 Å². The summed E-state index contributed by atoms with van der Waals surface area (Å²) in [6, 6.07) is 10.7. The van der Waals surface area contributed by atoms with Crippen molar-refractivity contribution in [1.29, 1.82) is 0 Å². The maximum Gasteiger partial charge on any atom is 0.416 e. The molecule has 0 spiro atoms. The van der Waals surface area contributed by atoms with E-state index in [1.165, 1.54) is 12.1 Å². The van der Waals surface area contributed by atoms with E-state index < -0.39 is 23.9 Å². The van der Waals surface area contributed by atoms with Crippen molar-refractivity contribution in [3.63, 3.8) is 0 Å². The molecule has 4 nitrogen and oxygen atoms in total. The number of hydrogen-bond donors (Lipinski definition) is 1. The van der Waals surface area contributed by atoms with Gasteiger partial charge in [0.15, 0.2) is 0 Å². The lowest BCUT2D eigenvalue weighted by molar-refractivity contribution is -0.137. The lowest BCUT2D eigenvalue weighted by Gasteiger charge is -2.36. The number of nitrogens with two attached hydrogens (primary N) is 1. The van der Waals surface area contributed by atoms with Crippen LogP contribution in [-0.2, 0) is 17.3 Å². The lowest BCUT2D eigenvalue weighted by atomic mass is 9.94. The van der Waals surface area contributed by atoms with Gasteiger partial charge in [-0.05, 0) is 48.4 Å². The Morgan fingerprint density at radius 2 is 1.88 bits per heavy atom. The van der Waals surface area contributed by atoms with Crippen molar-refractivity contribution in [2.24, 2.45) is 5.73 Å². The van der Waals surface area contributed by atoms with Crippen LogP contribution in [0.25, 0.3) is 0 Å². The van der Waals surface area contributed by atoms with Crippen LogP contribution >= 0.6 is 0 Å². The van der Waals surface area contributed by atoms with Crippen LogP contribution in [0.2, 0.25) is 0 Å². The Kier molecular flexibility index (Phi) is 4.32. The smallest absolute Gasteiger partial charge is 0.416 e. The Morgan fingerprint density at radius 1 is 1.20 bits per heavy atom. The van der Waals surface area contributed by atoms with Crippen molar-refractivity contribution in [3.05, 3.63) is 59.2 Å². The zero-order chi connectivity index (χ0) is 18.2. The minimum Gasteiger partial charge on any atom is -0.444 e. The first-order valence-electron chi connectivity index (χ1n) is 7.75. The number of halogens is 3. The third-order valence-corrected chi connectivity index (χ3v) is 4.28. The molecule has 0 saturated carbocycles. The molecule has 0 saturated heterocycles. The van der Waals surface area contributed by atoms with E-state index in [0.717, 1.165) is 28.9 Å². The molecule has 2 aromatic rings. The maximum atomic E-state index is 12.8. The molecule has 0 fully saturated rings. The zero-order valence-corrected chi connectivity index (χ0v) is 13.5. The van der Waals surface area contributed by atoms with Crippen LogP contribution in [0.5, 0.6) is 0 Å². The molecule has 7 heteroatoms. The van der Waals surface area contributed by atoms with Gasteiger partial charge >= 0.3 is 12.3 Å². The monoisotopic (exact) mass is 350 g/mol. The van der Waals surface area contributed by atoms with Gasteiger partial charge in [0, 0.05) is 17.8 Å². The van der Waals surface area contributed by atoms with Crippen LogP contribution in [0.1, 0.15) is 16.7 Å². The summed E-state index contributed by atoms with van der Waals surface area (Å²) in [6.07, 6.45) is -5.20. The van der Waals surface area contributed by atoms with Gasteiger partial charge in [0.1, 0.15) is 6.10 Å². The number of hydrogen-bond acceptors (Lipinski definition) is 3. The highest BCUT2D eigenvalue weighted by atomic mass is 19.4. The van der Waals surface area contributed by atoms with E-state index in [1.54, 1.807) is 0 Å². The van der Waals surface area contributed by atoms with Gasteiger partial charge in [0.05, 0.1) is 12.1 Å². The van der Waals surface area contributed by atoms with Crippen LogP contribution in [0.15, 0.2) is 42.5 Å². The Hall–Kier alpha value is -2.70. The van der Waals surface area contributed by atoms with Crippen molar-refractivity contribution in [1.82, 2.24) is 0 Å². The number of rotatable bonds is 2. The van der Waals surface area contributed by atoms with Crippen LogP contribution < -0.4 is 10.6 Å². The van der Waals surface area contributed by atoms with Gasteiger partial charge in [-0.25, -0.2) is 4.79 Å². The molecule has 1 amide bonds. The number of anilines is 2.